The first-order valence-corrected chi connectivity index (χ1v) is 5.39. The van der Waals surface area contributed by atoms with Gasteiger partial charge in [-0.15, -0.1) is 16.4 Å². The van der Waals surface area contributed by atoms with Crippen LogP contribution in [0.15, 0.2) is 6.07 Å². The van der Waals surface area contributed by atoms with Crippen LogP contribution in [0.5, 0.6) is 0 Å². The highest BCUT2D eigenvalue weighted by Gasteiger charge is 2.17. The highest BCUT2D eigenvalue weighted by Crippen LogP contribution is 2.34. The molecule has 2 aromatic heterocycles. The van der Waals surface area contributed by atoms with Gasteiger partial charge in [-0.2, -0.15) is 0 Å². The first kappa shape index (κ1) is 8.13. The Morgan fingerprint density at radius 2 is 2.08 bits per heavy atom. The van der Waals surface area contributed by atoms with Gasteiger partial charge in [0, 0.05) is 4.88 Å². The van der Waals surface area contributed by atoms with Gasteiger partial charge in [0.2, 0.25) is 0 Å². The first-order chi connectivity index (χ1) is 5.57. The molecule has 0 unspecified atom stereocenters. The summed E-state index contributed by atoms with van der Waals surface area (Å²) in [6.45, 7) is 6.65. The zero-order chi connectivity index (χ0) is 8.77. The normalized spacial score (nSPS) is 12.6. The number of thiophene rings is 1. The molecule has 0 N–H and O–H groups in total. The fourth-order valence-electron chi connectivity index (χ4n) is 0.971. The summed E-state index contributed by atoms with van der Waals surface area (Å²) in [6, 6.07) is 2.14. The Hall–Kier alpha value is -0.480. The Morgan fingerprint density at radius 3 is 2.67 bits per heavy atom. The standard InChI is InChI=1S/C8H10N2S2/c1-8(2,3)6-4-5-7(11-6)12-10-9-5/h4H,1-3H3. The van der Waals surface area contributed by atoms with Crippen molar-refractivity contribution in [1.82, 2.24) is 9.59 Å². The molecule has 0 spiro atoms. The average Bonchev–Trinajstić information content (AvgIpc) is 2.37. The van der Waals surface area contributed by atoms with E-state index in [-0.39, 0.29) is 5.41 Å². The van der Waals surface area contributed by atoms with Crippen LogP contribution in [0, 0.1) is 0 Å². The van der Waals surface area contributed by atoms with Crippen molar-refractivity contribution in [2.75, 3.05) is 0 Å². The van der Waals surface area contributed by atoms with Gasteiger partial charge in [0.1, 0.15) is 9.53 Å². The largest absolute Gasteiger partial charge is 0.137 e. The quantitative estimate of drug-likeness (QED) is 0.650. The molecular formula is C8H10N2S2. The monoisotopic (exact) mass is 198 g/mol. The van der Waals surface area contributed by atoms with Crippen molar-refractivity contribution >= 4 is 32.4 Å². The molecule has 0 saturated carbocycles. The molecule has 12 heavy (non-hydrogen) atoms. The van der Waals surface area contributed by atoms with Gasteiger partial charge in [0.05, 0.1) is 0 Å². The van der Waals surface area contributed by atoms with Crippen LogP contribution in [0.1, 0.15) is 25.6 Å². The summed E-state index contributed by atoms with van der Waals surface area (Å²) in [7, 11) is 0. The van der Waals surface area contributed by atoms with E-state index in [1.807, 2.05) is 0 Å². The number of hydrogen-bond donors (Lipinski definition) is 0. The molecule has 2 aromatic rings. The van der Waals surface area contributed by atoms with E-state index < -0.39 is 0 Å². The summed E-state index contributed by atoms with van der Waals surface area (Å²) in [6.07, 6.45) is 0. The molecule has 0 saturated heterocycles. The predicted octanol–water partition coefficient (Wildman–Crippen LogP) is 3.05. The highest BCUT2D eigenvalue weighted by atomic mass is 32.2. The number of aromatic nitrogens is 2. The lowest BCUT2D eigenvalue weighted by Crippen LogP contribution is -2.07. The Kier molecular flexibility index (Phi) is 1.70. The molecule has 0 aromatic carbocycles. The number of fused-ring (bicyclic) bond motifs is 1. The van der Waals surface area contributed by atoms with E-state index in [1.165, 1.54) is 20.4 Å². The molecule has 0 atom stereocenters. The van der Waals surface area contributed by atoms with Gasteiger partial charge in [-0.3, -0.25) is 0 Å². The fourth-order valence-corrected chi connectivity index (χ4v) is 2.77. The third kappa shape index (κ3) is 1.25. The molecule has 2 heterocycles. The Morgan fingerprint density at radius 1 is 1.33 bits per heavy atom. The van der Waals surface area contributed by atoms with Crippen LogP contribution in [0.25, 0.3) is 9.53 Å². The van der Waals surface area contributed by atoms with Crippen molar-refractivity contribution in [3.05, 3.63) is 10.9 Å². The molecule has 2 rings (SSSR count). The van der Waals surface area contributed by atoms with Crippen molar-refractivity contribution in [2.24, 2.45) is 0 Å². The zero-order valence-electron chi connectivity index (χ0n) is 7.29. The maximum Gasteiger partial charge on any atom is 0.128 e. The molecule has 0 bridgehead atoms. The van der Waals surface area contributed by atoms with Gasteiger partial charge in [-0.05, 0) is 23.0 Å². The SMILES string of the molecule is CC(C)(C)c1cc2nnsc2s1. The van der Waals surface area contributed by atoms with Crippen LogP contribution in [0.4, 0.5) is 0 Å². The Bertz CT molecular complexity index is 366. The molecule has 0 amide bonds. The topological polar surface area (TPSA) is 25.8 Å². The lowest BCUT2D eigenvalue weighted by atomic mass is 9.95. The van der Waals surface area contributed by atoms with Crippen LogP contribution in [0.2, 0.25) is 0 Å². The molecule has 0 aliphatic heterocycles. The third-order valence-corrected chi connectivity index (χ3v) is 4.05. The smallest absolute Gasteiger partial charge is 0.128 e. The molecule has 0 aliphatic rings. The minimum atomic E-state index is 0.241. The summed E-state index contributed by atoms with van der Waals surface area (Å²) < 4.78 is 5.12. The van der Waals surface area contributed by atoms with E-state index in [1.54, 1.807) is 11.3 Å². The van der Waals surface area contributed by atoms with Gasteiger partial charge in [0.15, 0.2) is 0 Å². The Balaban J connectivity index is 2.59. The summed E-state index contributed by atoms with van der Waals surface area (Å²) in [4.78, 5) is 1.39. The minimum absolute atomic E-state index is 0.241. The highest BCUT2D eigenvalue weighted by molar-refractivity contribution is 7.35. The van der Waals surface area contributed by atoms with Crippen molar-refractivity contribution in [3.63, 3.8) is 0 Å². The van der Waals surface area contributed by atoms with E-state index in [0.29, 0.717) is 0 Å². The number of rotatable bonds is 0. The third-order valence-electron chi connectivity index (χ3n) is 1.69. The Labute approximate surface area is 79.4 Å². The van der Waals surface area contributed by atoms with Crippen molar-refractivity contribution in [3.8, 4) is 0 Å². The lowest BCUT2D eigenvalue weighted by Gasteiger charge is -2.14. The van der Waals surface area contributed by atoms with Gasteiger partial charge in [-0.1, -0.05) is 25.3 Å². The number of hydrogen-bond acceptors (Lipinski definition) is 4. The molecule has 0 fully saturated rings. The van der Waals surface area contributed by atoms with Crippen molar-refractivity contribution in [1.29, 1.82) is 0 Å². The summed E-state index contributed by atoms with van der Waals surface area (Å²) in [5.74, 6) is 0. The maximum atomic E-state index is 4.03. The minimum Gasteiger partial charge on any atom is -0.137 e. The van der Waals surface area contributed by atoms with E-state index in [4.69, 9.17) is 0 Å². The average molecular weight is 198 g/mol. The molecule has 0 radical (unpaired) electrons. The summed E-state index contributed by atoms with van der Waals surface area (Å²) in [5.41, 5.74) is 1.29. The van der Waals surface area contributed by atoms with Crippen LogP contribution >= 0.6 is 22.9 Å². The van der Waals surface area contributed by atoms with Crippen LogP contribution in [-0.2, 0) is 5.41 Å². The first-order valence-electron chi connectivity index (χ1n) is 3.80. The second kappa shape index (κ2) is 2.50. The predicted molar refractivity (Wildman–Crippen MR) is 54.0 cm³/mol. The molecular weight excluding hydrogens is 188 g/mol. The summed E-state index contributed by atoms with van der Waals surface area (Å²) in [5, 5.41) is 4.03. The number of nitrogens with zero attached hydrogens (tertiary/aromatic N) is 2. The van der Waals surface area contributed by atoms with E-state index >= 15 is 0 Å². The van der Waals surface area contributed by atoms with Gasteiger partial charge in [-0.25, -0.2) is 0 Å². The zero-order valence-corrected chi connectivity index (χ0v) is 8.92. The van der Waals surface area contributed by atoms with Crippen LogP contribution in [-0.4, -0.2) is 9.59 Å². The molecule has 0 aliphatic carbocycles. The van der Waals surface area contributed by atoms with Gasteiger partial charge >= 0.3 is 0 Å². The fraction of sp³-hybridized carbons (Fsp3) is 0.500. The van der Waals surface area contributed by atoms with Crippen LogP contribution in [0.3, 0.4) is 0 Å². The summed E-state index contributed by atoms with van der Waals surface area (Å²) >= 11 is 3.29. The molecule has 64 valence electrons. The van der Waals surface area contributed by atoms with E-state index in [2.05, 4.69) is 36.4 Å². The van der Waals surface area contributed by atoms with Gasteiger partial charge in [0.25, 0.3) is 0 Å². The van der Waals surface area contributed by atoms with E-state index in [0.717, 1.165) is 5.52 Å². The maximum absolute atomic E-state index is 4.03. The van der Waals surface area contributed by atoms with Crippen molar-refractivity contribution in [2.45, 2.75) is 26.2 Å². The van der Waals surface area contributed by atoms with Gasteiger partial charge < -0.3 is 0 Å². The van der Waals surface area contributed by atoms with Crippen LogP contribution < -0.4 is 0 Å². The molecule has 4 heteroatoms. The van der Waals surface area contributed by atoms with Crippen molar-refractivity contribution < 1.29 is 0 Å². The van der Waals surface area contributed by atoms with E-state index in [9.17, 15) is 0 Å². The second-order valence-corrected chi connectivity index (χ2v) is 5.87. The second-order valence-electron chi connectivity index (χ2n) is 3.81. The lowest BCUT2D eigenvalue weighted by molar-refractivity contribution is 0.604. The molecule has 2 nitrogen and oxygen atoms in total.